The Morgan fingerprint density at radius 3 is 2.63 bits per heavy atom. The van der Waals surface area contributed by atoms with Gasteiger partial charge in [-0.15, -0.1) is 0 Å². The first kappa shape index (κ1) is 15.2. The maximum Gasteiger partial charge on any atom is 0.258 e. The smallest absolute Gasteiger partial charge is 0.258 e. The fraction of sp³-hybridized carbons (Fsp3) is 0.467. The molecule has 0 aliphatic rings. The van der Waals surface area contributed by atoms with Gasteiger partial charge in [-0.3, -0.25) is 9.59 Å². The van der Waals surface area contributed by atoms with Crippen molar-refractivity contribution in [1.29, 1.82) is 0 Å². The lowest BCUT2D eigenvalue weighted by Crippen LogP contribution is -2.36. The molecule has 4 nitrogen and oxygen atoms in total. The van der Waals surface area contributed by atoms with Gasteiger partial charge in [0.25, 0.3) is 5.91 Å². The molecule has 1 aromatic carbocycles. The zero-order valence-corrected chi connectivity index (χ0v) is 11.7. The molecule has 1 N–H and O–H groups in total. The van der Waals surface area contributed by atoms with Crippen LogP contribution in [0.5, 0.6) is 5.75 Å². The Kier molecular flexibility index (Phi) is 6.06. The summed E-state index contributed by atoms with van der Waals surface area (Å²) < 4.78 is 5.41. The van der Waals surface area contributed by atoms with E-state index in [2.05, 4.69) is 12.2 Å². The van der Waals surface area contributed by atoms with Gasteiger partial charge < -0.3 is 10.1 Å². The Bertz CT molecular complexity index is 443. The highest BCUT2D eigenvalue weighted by Gasteiger charge is 2.10. The van der Waals surface area contributed by atoms with E-state index in [1.807, 2.05) is 6.92 Å². The summed E-state index contributed by atoms with van der Waals surface area (Å²) in [4.78, 5) is 23.1. The minimum Gasteiger partial charge on any atom is -0.483 e. The Labute approximate surface area is 114 Å². The van der Waals surface area contributed by atoms with Gasteiger partial charge in [-0.1, -0.05) is 25.5 Å². The van der Waals surface area contributed by atoms with E-state index < -0.39 is 0 Å². The molecule has 1 aromatic rings. The van der Waals surface area contributed by atoms with Crippen LogP contribution in [0.15, 0.2) is 24.3 Å². The van der Waals surface area contributed by atoms with Gasteiger partial charge in [-0.05, 0) is 32.4 Å². The first-order chi connectivity index (χ1) is 9.04. The maximum atomic E-state index is 11.7. The fourth-order valence-electron chi connectivity index (χ4n) is 1.85. The number of hydrogen-bond acceptors (Lipinski definition) is 3. The Morgan fingerprint density at radius 2 is 2.00 bits per heavy atom. The number of para-hydroxylation sites is 1. The molecule has 0 aliphatic heterocycles. The van der Waals surface area contributed by atoms with E-state index in [-0.39, 0.29) is 24.3 Å². The molecule has 0 radical (unpaired) electrons. The van der Waals surface area contributed by atoms with Crippen molar-refractivity contribution >= 4 is 11.7 Å². The van der Waals surface area contributed by atoms with Gasteiger partial charge in [-0.25, -0.2) is 0 Å². The van der Waals surface area contributed by atoms with Gasteiger partial charge in [0, 0.05) is 6.04 Å². The van der Waals surface area contributed by atoms with E-state index in [1.54, 1.807) is 24.3 Å². The lowest BCUT2D eigenvalue weighted by atomic mass is 10.1. The van der Waals surface area contributed by atoms with Crippen molar-refractivity contribution in [3.63, 3.8) is 0 Å². The standard InChI is InChI=1S/C15H21NO3/c1-4-7-11(2)16-15(18)10-19-14-9-6-5-8-13(14)12(3)17/h5-6,8-9,11H,4,7,10H2,1-3H3,(H,16,18)/t11-/m1/s1. The third-order valence-electron chi connectivity index (χ3n) is 2.75. The van der Waals surface area contributed by atoms with E-state index in [4.69, 9.17) is 4.74 Å². The molecule has 0 spiro atoms. The molecule has 0 aromatic heterocycles. The molecule has 0 aliphatic carbocycles. The number of Topliss-reactive ketones (excluding diaryl/α,β-unsaturated/α-hetero) is 1. The summed E-state index contributed by atoms with van der Waals surface area (Å²) in [5.41, 5.74) is 0.497. The second-order valence-corrected chi connectivity index (χ2v) is 4.60. The average molecular weight is 263 g/mol. The van der Waals surface area contributed by atoms with Crippen LogP contribution in [0.3, 0.4) is 0 Å². The average Bonchev–Trinajstić information content (AvgIpc) is 2.36. The molecule has 1 atom stereocenters. The first-order valence-electron chi connectivity index (χ1n) is 6.56. The van der Waals surface area contributed by atoms with Crippen LogP contribution in [0.2, 0.25) is 0 Å². The molecule has 4 heteroatoms. The second kappa shape index (κ2) is 7.56. The van der Waals surface area contributed by atoms with Crippen LogP contribution in [0.1, 0.15) is 44.0 Å². The number of nitrogens with one attached hydrogen (secondary N) is 1. The Morgan fingerprint density at radius 1 is 1.32 bits per heavy atom. The monoisotopic (exact) mass is 263 g/mol. The van der Waals surface area contributed by atoms with Crippen LogP contribution in [-0.2, 0) is 4.79 Å². The van der Waals surface area contributed by atoms with Gasteiger partial charge in [0.15, 0.2) is 12.4 Å². The summed E-state index contributed by atoms with van der Waals surface area (Å²) in [6.07, 6.45) is 1.96. The molecule has 104 valence electrons. The van der Waals surface area contributed by atoms with Crippen molar-refractivity contribution in [3.8, 4) is 5.75 Å². The third kappa shape index (κ3) is 5.12. The number of ketones is 1. The van der Waals surface area contributed by atoms with Crippen molar-refractivity contribution in [3.05, 3.63) is 29.8 Å². The summed E-state index contributed by atoms with van der Waals surface area (Å²) in [7, 11) is 0. The topological polar surface area (TPSA) is 55.4 Å². The zero-order valence-electron chi connectivity index (χ0n) is 11.7. The highest BCUT2D eigenvalue weighted by molar-refractivity contribution is 5.96. The summed E-state index contributed by atoms with van der Waals surface area (Å²) >= 11 is 0. The van der Waals surface area contributed by atoms with Crippen molar-refractivity contribution in [2.75, 3.05) is 6.61 Å². The Hall–Kier alpha value is -1.84. The van der Waals surface area contributed by atoms with Crippen LogP contribution < -0.4 is 10.1 Å². The SMILES string of the molecule is CCC[C@@H](C)NC(=O)COc1ccccc1C(C)=O. The van der Waals surface area contributed by atoms with E-state index in [9.17, 15) is 9.59 Å². The molecular weight excluding hydrogens is 242 g/mol. The van der Waals surface area contributed by atoms with Crippen LogP contribution in [0.4, 0.5) is 0 Å². The summed E-state index contributed by atoms with van der Waals surface area (Å²) in [5.74, 6) is 0.211. The fourth-order valence-corrected chi connectivity index (χ4v) is 1.85. The number of benzene rings is 1. The first-order valence-corrected chi connectivity index (χ1v) is 6.56. The highest BCUT2D eigenvalue weighted by Crippen LogP contribution is 2.18. The van der Waals surface area contributed by atoms with Crippen molar-refractivity contribution in [2.24, 2.45) is 0 Å². The van der Waals surface area contributed by atoms with E-state index >= 15 is 0 Å². The van der Waals surface area contributed by atoms with Crippen LogP contribution in [-0.4, -0.2) is 24.3 Å². The predicted octanol–water partition coefficient (Wildman–Crippen LogP) is 2.57. The van der Waals surface area contributed by atoms with E-state index in [0.29, 0.717) is 11.3 Å². The number of carbonyl (C=O) groups is 2. The number of amides is 1. The molecule has 1 rings (SSSR count). The minimum atomic E-state index is -0.167. The van der Waals surface area contributed by atoms with Gasteiger partial charge in [-0.2, -0.15) is 0 Å². The largest absolute Gasteiger partial charge is 0.483 e. The van der Waals surface area contributed by atoms with Gasteiger partial charge >= 0.3 is 0 Å². The maximum absolute atomic E-state index is 11.7. The van der Waals surface area contributed by atoms with Gasteiger partial charge in [0.05, 0.1) is 5.56 Å². The van der Waals surface area contributed by atoms with Crippen molar-refractivity contribution in [1.82, 2.24) is 5.32 Å². The summed E-state index contributed by atoms with van der Waals surface area (Å²) in [6, 6.07) is 7.07. The van der Waals surface area contributed by atoms with Crippen LogP contribution in [0.25, 0.3) is 0 Å². The molecule has 0 fully saturated rings. The number of ether oxygens (including phenoxy) is 1. The molecule has 19 heavy (non-hydrogen) atoms. The molecule has 0 bridgehead atoms. The third-order valence-corrected chi connectivity index (χ3v) is 2.75. The molecule has 0 unspecified atom stereocenters. The van der Waals surface area contributed by atoms with Crippen LogP contribution >= 0.6 is 0 Å². The molecule has 0 heterocycles. The van der Waals surface area contributed by atoms with Gasteiger partial charge in [0.1, 0.15) is 5.75 Å². The molecule has 1 amide bonds. The lowest BCUT2D eigenvalue weighted by molar-refractivity contribution is -0.123. The highest BCUT2D eigenvalue weighted by atomic mass is 16.5. The molecular formula is C15H21NO3. The lowest BCUT2D eigenvalue weighted by Gasteiger charge is -2.14. The zero-order chi connectivity index (χ0) is 14.3. The van der Waals surface area contributed by atoms with Crippen molar-refractivity contribution in [2.45, 2.75) is 39.7 Å². The summed E-state index contributed by atoms with van der Waals surface area (Å²) in [6.45, 7) is 5.44. The Balaban J connectivity index is 2.53. The molecule has 0 saturated carbocycles. The normalized spacial score (nSPS) is 11.7. The van der Waals surface area contributed by atoms with Crippen LogP contribution in [0, 0.1) is 0 Å². The number of rotatable bonds is 7. The summed E-state index contributed by atoms with van der Waals surface area (Å²) in [5, 5.41) is 2.85. The van der Waals surface area contributed by atoms with E-state index in [0.717, 1.165) is 12.8 Å². The van der Waals surface area contributed by atoms with Crippen molar-refractivity contribution < 1.29 is 14.3 Å². The van der Waals surface area contributed by atoms with E-state index in [1.165, 1.54) is 6.92 Å². The predicted molar refractivity (Wildman–Crippen MR) is 74.5 cm³/mol. The minimum absolute atomic E-state index is 0.0711. The quantitative estimate of drug-likeness (QED) is 0.769. The number of carbonyl (C=O) groups excluding carboxylic acids is 2. The second-order valence-electron chi connectivity index (χ2n) is 4.60. The number of hydrogen-bond donors (Lipinski definition) is 1. The van der Waals surface area contributed by atoms with Gasteiger partial charge in [0.2, 0.25) is 0 Å². The molecule has 0 saturated heterocycles.